The highest BCUT2D eigenvalue weighted by Gasteiger charge is 2.30. The van der Waals surface area contributed by atoms with Crippen LogP contribution < -0.4 is 0 Å². The summed E-state index contributed by atoms with van der Waals surface area (Å²) in [4.78, 5) is 4.05. The van der Waals surface area contributed by atoms with E-state index in [1.165, 1.54) is 6.33 Å². The molecule has 0 fully saturated rings. The largest absolute Gasteiger partial charge is 0.385 e. The predicted octanol–water partition coefficient (Wildman–Crippen LogP) is 1.53. The molecular formula is C10H19N3O. The zero-order valence-electron chi connectivity index (χ0n) is 9.52. The van der Waals surface area contributed by atoms with E-state index >= 15 is 0 Å². The fourth-order valence-corrected chi connectivity index (χ4v) is 1.27. The van der Waals surface area contributed by atoms with Gasteiger partial charge in [-0.3, -0.25) is 4.68 Å². The molecule has 0 aromatic carbocycles. The third kappa shape index (κ3) is 2.12. The standard InChI is InChI=1S/C10H19N3O/c1-7(10(2,3)4)8(14)9-11-6-12-13(9)5/h6-8,14H,1-5H3. The summed E-state index contributed by atoms with van der Waals surface area (Å²) < 4.78 is 1.62. The molecule has 1 heterocycles. The Morgan fingerprint density at radius 1 is 1.43 bits per heavy atom. The lowest BCUT2D eigenvalue weighted by Gasteiger charge is -2.30. The van der Waals surface area contributed by atoms with E-state index < -0.39 is 6.10 Å². The lowest BCUT2D eigenvalue weighted by Crippen LogP contribution is -2.26. The van der Waals surface area contributed by atoms with Crippen molar-refractivity contribution in [3.63, 3.8) is 0 Å². The van der Waals surface area contributed by atoms with Crippen molar-refractivity contribution in [3.05, 3.63) is 12.2 Å². The molecule has 0 amide bonds. The topological polar surface area (TPSA) is 50.9 Å². The van der Waals surface area contributed by atoms with Crippen molar-refractivity contribution in [2.24, 2.45) is 18.4 Å². The minimum atomic E-state index is -0.553. The van der Waals surface area contributed by atoms with Crippen LogP contribution in [0.3, 0.4) is 0 Å². The van der Waals surface area contributed by atoms with Gasteiger partial charge in [0.1, 0.15) is 12.4 Å². The number of aromatic nitrogens is 3. The van der Waals surface area contributed by atoms with Gasteiger partial charge in [-0.15, -0.1) is 0 Å². The predicted molar refractivity (Wildman–Crippen MR) is 54.6 cm³/mol. The molecular weight excluding hydrogens is 178 g/mol. The van der Waals surface area contributed by atoms with Gasteiger partial charge >= 0.3 is 0 Å². The monoisotopic (exact) mass is 197 g/mol. The zero-order valence-corrected chi connectivity index (χ0v) is 9.52. The molecule has 0 radical (unpaired) electrons. The molecule has 1 aromatic rings. The number of hydrogen-bond donors (Lipinski definition) is 1. The molecule has 0 aliphatic rings. The molecule has 80 valence electrons. The summed E-state index contributed by atoms with van der Waals surface area (Å²) in [6.45, 7) is 8.35. The van der Waals surface area contributed by atoms with Gasteiger partial charge < -0.3 is 5.11 Å². The second-order valence-corrected chi connectivity index (χ2v) is 4.84. The molecule has 2 atom stereocenters. The van der Waals surface area contributed by atoms with Crippen LogP contribution in [0.5, 0.6) is 0 Å². The molecule has 1 aromatic heterocycles. The molecule has 4 nitrogen and oxygen atoms in total. The van der Waals surface area contributed by atoms with Crippen LogP contribution in [0.4, 0.5) is 0 Å². The van der Waals surface area contributed by atoms with E-state index in [0.717, 1.165) is 0 Å². The van der Waals surface area contributed by atoms with E-state index in [0.29, 0.717) is 5.82 Å². The van der Waals surface area contributed by atoms with Crippen LogP contribution in [0.15, 0.2) is 6.33 Å². The maximum Gasteiger partial charge on any atom is 0.155 e. The number of nitrogens with zero attached hydrogens (tertiary/aromatic N) is 3. The second-order valence-electron chi connectivity index (χ2n) is 4.84. The maximum atomic E-state index is 10.1. The van der Waals surface area contributed by atoms with Gasteiger partial charge in [0.05, 0.1) is 0 Å². The van der Waals surface area contributed by atoms with Gasteiger partial charge in [0, 0.05) is 7.05 Å². The normalized spacial score (nSPS) is 16.7. The highest BCUT2D eigenvalue weighted by molar-refractivity contribution is 4.94. The van der Waals surface area contributed by atoms with Gasteiger partial charge in [-0.1, -0.05) is 27.7 Å². The number of hydrogen-bond acceptors (Lipinski definition) is 3. The van der Waals surface area contributed by atoms with Gasteiger partial charge in [0.15, 0.2) is 5.82 Å². The number of aryl methyl sites for hydroxylation is 1. The fourth-order valence-electron chi connectivity index (χ4n) is 1.27. The number of aliphatic hydroxyl groups is 1. The van der Waals surface area contributed by atoms with E-state index in [2.05, 4.69) is 30.9 Å². The van der Waals surface area contributed by atoms with Crippen LogP contribution >= 0.6 is 0 Å². The lowest BCUT2D eigenvalue weighted by atomic mass is 9.78. The molecule has 2 unspecified atom stereocenters. The van der Waals surface area contributed by atoms with Crippen molar-refractivity contribution in [1.82, 2.24) is 14.8 Å². The van der Waals surface area contributed by atoms with Gasteiger partial charge in [-0.25, -0.2) is 4.98 Å². The Morgan fingerprint density at radius 3 is 2.36 bits per heavy atom. The first-order valence-electron chi connectivity index (χ1n) is 4.86. The average molecular weight is 197 g/mol. The zero-order chi connectivity index (χ0) is 10.9. The van der Waals surface area contributed by atoms with Crippen molar-refractivity contribution < 1.29 is 5.11 Å². The van der Waals surface area contributed by atoms with E-state index in [4.69, 9.17) is 0 Å². The molecule has 0 spiro atoms. The fraction of sp³-hybridized carbons (Fsp3) is 0.800. The third-order valence-corrected chi connectivity index (χ3v) is 2.85. The Labute approximate surface area is 85.0 Å². The summed E-state index contributed by atoms with van der Waals surface area (Å²) in [6.07, 6.45) is 0.913. The number of rotatable bonds is 2. The van der Waals surface area contributed by atoms with Crippen LogP contribution in [-0.2, 0) is 7.05 Å². The molecule has 0 aliphatic heterocycles. The molecule has 0 saturated carbocycles. The average Bonchev–Trinajstić information content (AvgIpc) is 2.47. The van der Waals surface area contributed by atoms with Gasteiger partial charge in [0.25, 0.3) is 0 Å². The molecule has 0 bridgehead atoms. The first-order valence-corrected chi connectivity index (χ1v) is 4.86. The van der Waals surface area contributed by atoms with Crippen LogP contribution in [0.25, 0.3) is 0 Å². The van der Waals surface area contributed by atoms with Crippen LogP contribution in [0, 0.1) is 11.3 Å². The van der Waals surface area contributed by atoms with Gasteiger partial charge in [-0.05, 0) is 11.3 Å². The van der Waals surface area contributed by atoms with Gasteiger partial charge in [0.2, 0.25) is 0 Å². The Balaban J connectivity index is 2.86. The molecule has 1 rings (SSSR count). The SMILES string of the molecule is CC(C(O)c1ncnn1C)C(C)(C)C. The van der Waals surface area contributed by atoms with E-state index in [-0.39, 0.29) is 11.3 Å². The highest BCUT2D eigenvalue weighted by Crippen LogP contribution is 2.34. The van der Waals surface area contributed by atoms with Crippen molar-refractivity contribution in [1.29, 1.82) is 0 Å². The van der Waals surface area contributed by atoms with Crippen LogP contribution in [-0.4, -0.2) is 19.9 Å². The van der Waals surface area contributed by atoms with E-state index in [9.17, 15) is 5.11 Å². The van der Waals surface area contributed by atoms with E-state index in [1.54, 1.807) is 11.7 Å². The first kappa shape index (κ1) is 11.2. The molecule has 0 saturated heterocycles. The minimum absolute atomic E-state index is 0.0609. The van der Waals surface area contributed by atoms with Crippen LogP contribution in [0.1, 0.15) is 39.6 Å². The number of aliphatic hydroxyl groups excluding tert-OH is 1. The summed E-state index contributed by atoms with van der Waals surface area (Å²) in [5.41, 5.74) is 0.0609. The minimum Gasteiger partial charge on any atom is -0.385 e. The molecule has 4 heteroatoms. The van der Waals surface area contributed by atoms with Crippen molar-refractivity contribution >= 4 is 0 Å². The summed E-state index contributed by atoms with van der Waals surface area (Å²) >= 11 is 0. The second kappa shape index (κ2) is 3.69. The Kier molecular flexibility index (Phi) is 2.95. The van der Waals surface area contributed by atoms with E-state index in [1.807, 2.05) is 6.92 Å². The smallest absolute Gasteiger partial charge is 0.155 e. The first-order chi connectivity index (χ1) is 6.34. The Bertz CT molecular complexity index is 301. The quantitative estimate of drug-likeness (QED) is 0.782. The summed E-state index contributed by atoms with van der Waals surface area (Å²) in [6, 6.07) is 0. The van der Waals surface area contributed by atoms with Crippen molar-refractivity contribution in [3.8, 4) is 0 Å². The van der Waals surface area contributed by atoms with Crippen molar-refractivity contribution in [2.75, 3.05) is 0 Å². The Morgan fingerprint density at radius 2 is 2.00 bits per heavy atom. The van der Waals surface area contributed by atoms with Gasteiger partial charge in [-0.2, -0.15) is 5.10 Å². The molecule has 1 N–H and O–H groups in total. The summed E-state index contributed by atoms with van der Waals surface area (Å²) in [7, 11) is 1.79. The molecule has 0 aliphatic carbocycles. The summed E-state index contributed by atoms with van der Waals surface area (Å²) in [5, 5.41) is 14.0. The van der Waals surface area contributed by atoms with Crippen molar-refractivity contribution in [2.45, 2.75) is 33.8 Å². The molecule has 14 heavy (non-hydrogen) atoms. The third-order valence-electron chi connectivity index (χ3n) is 2.85. The maximum absolute atomic E-state index is 10.1. The van der Waals surface area contributed by atoms with Crippen LogP contribution in [0.2, 0.25) is 0 Å². The lowest BCUT2D eigenvalue weighted by molar-refractivity contribution is 0.0442. The summed E-state index contributed by atoms with van der Waals surface area (Å²) in [5.74, 6) is 0.776. The Hall–Kier alpha value is -0.900. The highest BCUT2D eigenvalue weighted by atomic mass is 16.3.